The Labute approximate surface area is 259 Å². The summed E-state index contributed by atoms with van der Waals surface area (Å²) >= 11 is 3.63. The van der Waals surface area contributed by atoms with Crippen molar-refractivity contribution in [1.29, 1.82) is 0 Å². The van der Waals surface area contributed by atoms with Crippen LogP contribution in [0.1, 0.15) is 76.8 Å². The zero-order valence-electron chi connectivity index (χ0n) is 25.2. The minimum Gasteiger partial charge on any atom is -0.493 e. The molecule has 0 spiro atoms. The molecule has 0 aromatic heterocycles. The Bertz CT molecular complexity index is 1520. The summed E-state index contributed by atoms with van der Waals surface area (Å²) in [5.74, 6) is -1.16. The first kappa shape index (κ1) is 31.0. The summed E-state index contributed by atoms with van der Waals surface area (Å²) in [6.07, 6.45) is 1.71. The number of halogens is 2. The fourth-order valence-corrected chi connectivity index (χ4v) is 7.26. The first-order valence-electron chi connectivity index (χ1n) is 14.5. The highest BCUT2D eigenvalue weighted by Gasteiger charge is 2.49. The van der Waals surface area contributed by atoms with Crippen molar-refractivity contribution in [2.45, 2.75) is 72.3 Å². The molecule has 5 rings (SSSR count). The zero-order valence-corrected chi connectivity index (χ0v) is 26.8. The highest BCUT2D eigenvalue weighted by atomic mass is 79.9. The first-order valence-corrected chi connectivity index (χ1v) is 15.3. The molecule has 0 unspecified atom stereocenters. The number of hydrogen-bond donors (Lipinski definition) is 1. The Balaban J connectivity index is 1.66. The summed E-state index contributed by atoms with van der Waals surface area (Å²) in [6.45, 7) is 8.48. The van der Waals surface area contributed by atoms with Crippen molar-refractivity contribution >= 4 is 33.5 Å². The zero-order chi connectivity index (χ0) is 31.3. The van der Waals surface area contributed by atoms with Gasteiger partial charge in [0.05, 0.1) is 18.0 Å². The second-order valence-corrected chi connectivity index (χ2v) is 14.1. The molecule has 0 radical (unpaired) electrons. The average molecular weight is 655 g/mol. The number of carboxylic acids is 1. The van der Waals surface area contributed by atoms with Crippen LogP contribution in [0.4, 0.5) is 4.39 Å². The number of aliphatic carboxylic acids is 1. The molecule has 0 fully saturated rings. The number of carboxylic acid groups (broad SMARTS) is 1. The molecule has 0 amide bonds. The van der Waals surface area contributed by atoms with Crippen LogP contribution in [0, 0.1) is 16.6 Å². The molecule has 2 aliphatic carbocycles. The van der Waals surface area contributed by atoms with Gasteiger partial charge in [0, 0.05) is 47.8 Å². The van der Waals surface area contributed by atoms with Gasteiger partial charge in [0.25, 0.3) is 0 Å². The van der Waals surface area contributed by atoms with Crippen LogP contribution in [0.2, 0.25) is 0 Å². The Kier molecular flexibility index (Phi) is 8.33. The number of benzene rings is 2. The van der Waals surface area contributed by atoms with Gasteiger partial charge in [-0.25, -0.2) is 4.39 Å². The molecule has 0 saturated heterocycles. The highest BCUT2D eigenvalue weighted by Crippen LogP contribution is 2.55. The predicted molar refractivity (Wildman–Crippen MR) is 163 cm³/mol. The number of Topliss-reactive ketones (excluding diaryl/α,β-unsaturated/α-hetero) is 2. The van der Waals surface area contributed by atoms with E-state index in [0.29, 0.717) is 63.9 Å². The van der Waals surface area contributed by atoms with Gasteiger partial charge in [-0.15, -0.1) is 0 Å². The number of nitrogens with zero attached hydrogens (tertiary/aromatic N) is 1. The third kappa shape index (κ3) is 6.28. The van der Waals surface area contributed by atoms with Gasteiger partial charge in [-0.05, 0) is 75.0 Å². The van der Waals surface area contributed by atoms with E-state index >= 15 is 0 Å². The van der Waals surface area contributed by atoms with Crippen LogP contribution in [0.5, 0.6) is 11.5 Å². The van der Waals surface area contributed by atoms with Crippen molar-refractivity contribution in [2.75, 3.05) is 13.7 Å². The van der Waals surface area contributed by atoms with E-state index in [9.17, 15) is 23.9 Å². The molecule has 228 valence electrons. The average Bonchev–Trinajstić information content (AvgIpc) is 2.89. The summed E-state index contributed by atoms with van der Waals surface area (Å²) < 4.78 is 26.1. The molecule has 1 N–H and O–H groups in total. The van der Waals surface area contributed by atoms with Crippen LogP contribution in [0.15, 0.2) is 63.4 Å². The van der Waals surface area contributed by atoms with Crippen LogP contribution in [0.25, 0.3) is 0 Å². The molecule has 0 atom stereocenters. The van der Waals surface area contributed by atoms with Crippen LogP contribution in [-0.2, 0) is 21.0 Å². The molecule has 43 heavy (non-hydrogen) atoms. The lowest BCUT2D eigenvalue weighted by Crippen LogP contribution is -2.45. The van der Waals surface area contributed by atoms with E-state index in [4.69, 9.17) is 9.47 Å². The van der Waals surface area contributed by atoms with Gasteiger partial charge in [-0.3, -0.25) is 14.4 Å². The Morgan fingerprint density at radius 3 is 2.14 bits per heavy atom. The van der Waals surface area contributed by atoms with E-state index in [0.717, 1.165) is 11.4 Å². The molecule has 1 heterocycles. The Hall–Kier alpha value is -3.46. The summed E-state index contributed by atoms with van der Waals surface area (Å²) in [6, 6.07) is 9.82. The first-order chi connectivity index (χ1) is 20.2. The van der Waals surface area contributed by atoms with Crippen molar-refractivity contribution in [3.05, 3.63) is 80.4 Å². The van der Waals surface area contributed by atoms with Gasteiger partial charge < -0.3 is 19.5 Å². The van der Waals surface area contributed by atoms with Crippen LogP contribution in [-0.4, -0.2) is 41.2 Å². The molecule has 1 aliphatic heterocycles. The molecule has 2 aromatic rings. The van der Waals surface area contributed by atoms with E-state index < -0.39 is 11.9 Å². The molecule has 0 bridgehead atoms. The highest BCUT2D eigenvalue weighted by molar-refractivity contribution is 9.10. The third-order valence-corrected chi connectivity index (χ3v) is 9.02. The maximum Gasteiger partial charge on any atom is 0.305 e. The minimum absolute atomic E-state index is 0.0396. The monoisotopic (exact) mass is 653 g/mol. The number of ketones is 2. The molecule has 2 aromatic carbocycles. The maximum absolute atomic E-state index is 14.0. The lowest BCUT2D eigenvalue weighted by Gasteiger charge is -2.49. The Morgan fingerprint density at radius 2 is 1.60 bits per heavy atom. The van der Waals surface area contributed by atoms with E-state index in [1.165, 1.54) is 19.2 Å². The van der Waals surface area contributed by atoms with Crippen molar-refractivity contribution < 1.29 is 33.4 Å². The number of rotatable bonds is 8. The number of methoxy groups -OCH3 is 1. The number of carbonyl (C=O) groups is 3. The van der Waals surface area contributed by atoms with Gasteiger partial charge in [-0.2, -0.15) is 0 Å². The van der Waals surface area contributed by atoms with E-state index in [-0.39, 0.29) is 47.8 Å². The summed E-state index contributed by atoms with van der Waals surface area (Å²) in [4.78, 5) is 41.6. The fraction of sp³-hybridized carbons (Fsp3) is 0.441. The van der Waals surface area contributed by atoms with Gasteiger partial charge in [0.2, 0.25) is 0 Å². The van der Waals surface area contributed by atoms with Crippen LogP contribution < -0.4 is 9.47 Å². The van der Waals surface area contributed by atoms with Crippen molar-refractivity contribution in [3.63, 3.8) is 0 Å². The molecular formula is C34H37BrFNO6. The maximum atomic E-state index is 14.0. The van der Waals surface area contributed by atoms with E-state index in [1.807, 2.05) is 38.7 Å². The summed E-state index contributed by atoms with van der Waals surface area (Å²) in [7, 11) is 1.52. The molecular weight excluding hydrogens is 617 g/mol. The number of ether oxygens (including phenoxy) is 2. The SMILES string of the molecule is COc1cc(C2C3=C(CC(C)(C)CC3=O)N(CCC(=O)O)C3=C2C(=O)CC(C)(C)C3)cc(Br)c1OCc1cccc(F)c1. The smallest absolute Gasteiger partial charge is 0.305 e. The van der Waals surface area contributed by atoms with Gasteiger partial charge in [0.1, 0.15) is 12.4 Å². The van der Waals surface area contributed by atoms with Crippen molar-refractivity contribution in [2.24, 2.45) is 10.8 Å². The van der Waals surface area contributed by atoms with Gasteiger partial charge >= 0.3 is 5.97 Å². The number of carbonyl (C=O) groups excluding carboxylic acids is 2. The standard InChI is InChI=1S/C34H37BrFNO6/c1-33(2)14-23-30(25(38)16-33)29(31-24(37(23)10-9-28(40)41)15-34(3,4)17-26(31)39)20-12-22(35)32(27(13-20)42-5)43-18-19-7-6-8-21(36)11-19/h6-8,11-13,29H,9-10,14-18H2,1-5H3,(H,40,41). The fourth-order valence-electron chi connectivity index (χ4n) is 6.69. The van der Waals surface area contributed by atoms with Crippen molar-refractivity contribution in [1.82, 2.24) is 4.90 Å². The normalized spacial score (nSPS) is 19.7. The summed E-state index contributed by atoms with van der Waals surface area (Å²) in [5, 5.41) is 9.58. The minimum atomic E-state index is -0.934. The Morgan fingerprint density at radius 1 is 1.00 bits per heavy atom. The summed E-state index contributed by atoms with van der Waals surface area (Å²) in [5.41, 5.74) is 3.44. The quantitative estimate of drug-likeness (QED) is 0.319. The van der Waals surface area contributed by atoms with Gasteiger partial charge in [0.15, 0.2) is 23.1 Å². The lowest BCUT2D eigenvalue weighted by molar-refractivity contribution is -0.137. The second kappa shape index (κ2) is 11.6. The molecule has 7 nitrogen and oxygen atoms in total. The van der Waals surface area contributed by atoms with Crippen LogP contribution >= 0.6 is 15.9 Å². The van der Waals surface area contributed by atoms with E-state index in [1.54, 1.807) is 18.2 Å². The molecule has 3 aliphatic rings. The van der Waals surface area contributed by atoms with Gasteiger partial charge in [-0.1, -0.05) is 39.8 Å². The lowest BCUT2D eigenvalue weighted by atomic mass is 9.63. The third-order valence-electron chi connectivity index (χ3n) is 8.43. The number of hydrogen-bond acceptors (Lipinski definition) is 6. The topological polar surface area (TPSA) is 93.1 Å². The largest absolute Gasteiger partial charge is 0.493 e. The van der Waals surface area contributed by atoms with E-state index in [2.05, 4.69) is 15.9 Å². The van der Waals surface area contributed by atoms with Crippen LogP contribution in [0.3, 0.4) is 0 Å². The second-order valence-electron chi connectivity index (χ2n) is 13.3. The molecule has 0 saturated carbocycles. The number of allylic oxidation sites excluding steroid dienone is 4. The molecule has 9 heteroatoms. The van der Waals surface area contributed by atoms with Crippen molar-refractivity contribution in [3.8, 4) is 11.5 Å². The predicted octanol–water partition coefficient (Wildman–Crippen LogP) is 7.34.